The van der Waals surface area contributed by atoms with Gasteiger partial charge in [-0.15, -0.1) is 0 Å². The van der Waals surface area contributed by atoms with Gasteiger partial charge in [0, 0.05) is 5.56 Å². The summed E-state index contributed by atoms with van der Waals surface area (Å²) in [6, 6.07) is 1.86. The third kappa shape index (κ3) is 2.33. The highest BCUT2D eigenvalue weighted by molar-refractivity contribution is 9.10. The maximum atomic E-state index is 10.1. The van der Waals surface area contributed by atoms with Crippen molar-refractivity contribution in [2.45, 2.75) is 26.4 Å². The van der Waals surface area contributed by atoms with E-state index < -0.39 is 5.60 Å². The summed E-state index contributed by atoms with van der Waals surface area (Å²) < 4.78 is 11.3. The van der Waals surface area contributed by atoms with Crippen molar-refractivity contribution in [3.8, 4) is 11.5 Å². The van der Waals surface area contributed by atoms with Gasteiger partial charge >= 0.3 is 0 Å². The molecule has 0 bridgehead atoms. The summed E-state index contributed by atoms with van der Waals surface area (Å²) in [5, 5.41) is 10.1. The van der Waals surface area contributed by atoms with Crippen molar-refractivity contribution in [2.75, 3.05) is 14.2 Å². The van der Waals surface area contributed by atoms with Crippen LogP contribution in [0.25, 0.3) is 0 Å². The molecule has 0 atom stereocenters. The number of aryl methyl sites for hydroxylation is 1. The molecular formula is C12H17BrO3. The zero-order valence-electron chi connectivity index (χ0n) is 10.2. The van der Waals surface area contributed by atoms with Crippen LogP contribution in [-0.4, -0.2) is 19.3 Å². The smallest absolute Gasteiger partial charge is 0.136 e. The van der Waals surface area contributed by atoms with E-state index in [1.165, 1.54) is 0 Å². The summed E-state index contributed by atoms with van der Waals surface area (Å²) in [5.74, 6) is 1.37. The van der Waals surface area contributed by atoms with E-state index in [9.17, 15) is 5.11 Å². The molecule has 3 nitrogen and oxygen atoms in total. The third-order valence-electron chi connectivity index (χ3n) is 2.41. The van der Waals surface area contributed by atoms with E-state index in [-0.39, 0.29) is 0 Å². The van der Waals surface area contributed by atoms with Gasteiger partial charge in [0.1, 0.15) is 11.5 Å². The minimum Gasteiger partial charge on any atom is -0.496 e. The van der Waals surface area contributed by atoms with Crippen LogP contribution in [-0.2, 0) is 5.60 Å². The standard InChI is InChI=1S/C12H17BrO3/c1-7-6-8(15-4)9(12(2,3)14)10(13)11(7)16-5/h6,14H,1-5H3. The Morgan fingerprint density at radius 2 is 1.81 bits per heavy atom. The molecule has 4 heteroatoms. The van der Waals surface area contributed by atoms with Crippen LogP contribution in [0.15, 0.2) is 10.5 Å². The summed E-state index contributed by atoms with van der Waals surface area (Å²) in [7, 11) is 3.19. The van der Waals surface area contributed by atoms with Crippen molar-refractivity contribution in [3.05, 3.63) is 21.7 Å². The highest BCUT2D eigenvalue weighted by Gasteiger charge is 2.27. The molecule has 0 heterocycles. The molecule has 0 aliphatic carbocycles. The van der Waals surface area contributed by atoms with E-state index in [1.807, 2.05) is 13.0 Å². The van der Waals surface area contributed by atoms with Gasteiger partial charge in [0.2, 0.25) is 0 Å². The Morgan fingerprint density at radius 1 is 1.25 bits per heavy atom. The highest BCUT2D eigenvalue weighted by atomic mass is 79.9. The van der Waals surface area contributed by atoms with Gasteiger partial charge < -0.3 is 14.6 Å². The van der Waals surface area contributed by atoms with E-state index in [2.05, 4.69) is 15.9 Å². The van der Waals surface area contributed by atoms with E-state index in [1.54, 1.807) is 28.1 Å². The van der Waals surface area contributed by atoms with Gasteiger partial charge in [0.25, 0.3) is 0 Å². The Hall–Kier alpha value is -0.740. The molecule has 90 valence electrons. The van der Waals surface area contributed by atoms with E-state index in [0.29, 0.717) is 11.3 Å². The van der Waals surface area contributed by atoms with E-state index in [4.69, 9.17) is 9.47 Å². The Kier molecular flexibility index (Phi) is 3.86. The van der Waals surface area contributed by atoms with Crippen LogP contribution in [0.2, 0.25) is 0 Å². The molecule has 1 rings (SSSR count). The van der Waals surface area contributed by atoms with E-state index in [0.717, 1.165) is 15.8 Å². The van der Waals surface area contributed by atoms with Crippen LogP contribution < -0.4 is 9.47 Å². The molecule has 0 radical (unpaired) electrons. The molecule has 1 N–H and O–H groups in total. The first-order chi connectivity index (χ1) is 7.32. The monoisotopic (exact) mass is 288 g/mol. The lowest BCUT2D eigenvalue weighted by atomic mass is 9.95. The van der Waals surface area contributed by atoms with Gasteiger partial charge in [0.15, 0.2) is 0 Å². The second-order valence-electron chi connectivity index (χ2n) is 4.18. The van der Waals surface area contributed by atoms with Crippen LogP contribution in [0.5, 0.6) is 11.5 Å². The molecule has 0 unspecified atom stereocenters. The largest absolute Gasteiger partial charge is 0.496 e. The van der Waals surface area contributed by atoms with Crippen LogP contribution in [0.3, 0.4) is 0 Å². The SMILES string of the molecule is COc1cc(C)c(OC)c(Br)c1C(C)(C)O. The molecule has 0 saturated heterocycles. The summed E-state index contributed by atoms with van der Waals surface area (Å²) in [4.78, 5) is 0. The van der Waals surface area contributed by atoms with Gasteiger partial charge in [0.05, 0.1) is 24.3 Å². The van der Waals surface area contributed by atoms with Crippen molar-refractivity contribution in [2.24, 2.45) is 0 Å². The number of rotatable bonds is 3. The first-order valence-electron chi connectivity index (χ1n) is 4.96. The molecule has 1 aromatic carbocycles. The number of ether oxygens (including phenoxy) is 2. The minimum absolute atomic E-state index is 0.651. The topological polar surface area (TPSA) is 38.7 Å². The molecule has 0 saturated carbocycles. The summed E-state index contributed by atoms with van der Waals surface area (Å²) in [6.07, 6.45) is 0. The highest BCUT2D eigenvalue weighted by Crippen LogP contribution is 2.43. The molecular weight excluding hydrogens is 272 g/mol. The number of aliphatic hydroxyl groups is 1. The number of halogens is 1. The minimum atomic E-state index is -0.995. The molecule has 0 amide bonds. The number of methoxy groups -OCH3 is 2. The Bertz CT molecular complexity index is 394. The summed E-state index contributed by atoms with van der Waals surface area (Å²) in [6.45, 7) is 5.36. The Morgan fingerprint density at radius 3 is 2.19 bits per heavy atom. The molecule has 0 aliphatic rings. The number of hydrogen-bond donors (Lipinski definition) is 1. The second kappa shape index (κ2) is 4.63. The molecule has 1 aromatic rings. The fourth-order valence-corrected chi connectivity index (χ4v) is 2.87. The van der Waals surface area contributed by atoms with Crippen molar-refractivity contribution in [1.29, 1.82) is 0 Å². The van der Waals surface area contributed by atoms with Crippen LogP contribution in [0, 0.1) is 6.92 Å². The zero-order chi connectivity index (χ0) is 12.5. The van der Waals surface area contributed by atoms with Gasteiger partial charge in [-0.3, -0.25) is 0 Å². The van der Waals surface area contributed by atoms with Crippen LogP contribution in [0.4, 0.5) is 0 Å². The number of benzene rings is 1. The molecule has 16 heavy (non-hydrogen) atoms. The van der Waals surface area contributed by atoms with Crippen LogP contribution in [0.1, 0.15) is 25.0 Å². The van der Waals surface area contributed by atoms with Gasteiger partial charge in [-0.1, -0.05) is 0 Å². The molecule has 0 fully saturated rings. The fourth-order valence-electron chi connectivity index (χ4n) is 1.71. The predicted molar refractivity (Wildman–Crippen MR) is 67.2 cm³/mol. The third-order valence-corrected chi connectivity index (χ3v) is 3.16. The first kappa shape index (κ1) is 13.3. The van der Waals surface area contributed by atoms with Gasteiger partial charge in [-0.05, 0) is 48.3 Å². The Balaban J connectivity index is 3.57. The second-order valence-corrected chi connectivity index (χ2v) is 4.97. The lowest BCUT2D eigenvalue weighted by Gasteiger charge is -2.24. The first-order valence-corrected chi connectivity index (χ1v) is 5.76. The summed E-state index contributed by atoms with van der Waals surface area (Å²) >= 11 is 3.45. The number of hydrogen-bond acceptors (Lipinski definition) is 3. The molecule has 0 aromatic heterocycles. The molecule has 0 aliphatic heterocycles. The molecule has 0 spiro atoms. The lowest BCUT2D eigenvalue weighted by molar-refractivity contribution is 0.0745. The fraction of sp³-hybridized carbons (Fsp3) is 0.500. The average molecular weight is 289 g/mol. The van der Waals surface area contributed by atoms with Crippen molar-refractivity contribution < 1.29 is 14.6 Å². The van der Waals surface area contributed by atoms with Gasteiger partial charge in [-0.2, -0.15) is 0 Å². The summed E-state index contributed by atoms with van der Waals surface area (Å²) in [5.41, 5.74) is 0.655. The van der Waals surface area contributed by atoms with E-state index >= 15 is 0 Å². The maximum Gasteiger partial charge on any atom is 0.136 e. The van der Waals surface area contributed by atoms with Crippen molar-refractivity contribution in [3.63, 3.8) is 0 Å². The lowest BCUT2D eigenvalue weighted by Crippen LogP contribution is -2.18. The quantitative estimate of drug-likeness (QED) is 0.929. The maximum absolute atomic E-state index is 10.1. The van der Waals surface area contributed by atoms with Crippen molar-refractivity contribution >= 4 is 15.9 Å². The average Bonchev–Trinajstić information content (AvgIpc) is 2.15. The van der Waals surface area contributed by atoms with Crippen LogP contribution >= 0.6 is 15.9 Å². The van der Waals surface area contributed by atoms with Gasteiger partial charge in [-0.25, -0.2) is 0 Å². The normalized spacial score (nSPS) is 11.4. The Labute approximate surface area is 105 Å². The van der Waals surface area contributed by atoms with Crippen molar-refractivity contribution in [1.82, 2.24) is 0 Å². The predicted octanol–water partition coefficient (Wildman–Crippen LogP) is 3.00. The zero-order valence-corrected chi connectivity index (χ0v) is 11.8.